The number of benzene rings is 3. The van der Waals surface area contributed by atoms with Gasteiger partial charge in [-0.25, -0.2) is 0 Å². The maximum absolute atomic E-state index is 14.0. The first-order chi connectivity index (χ1) is 18.8. The van der Waals surface area contributed by atoms with Crippen LogP contribution in [0.15, 0.2) is 63.8 Å². The number of hydrogen-bond donors (Lipinski definition) is 0. The van der Waals surface area contributed by atoms with Gasteiger partial charge in [-0.1, -0.05) is 55.6 Å². The van der Waals surface area contributed by atoms with Gasteiger partial charge in [-0.15, -0.1) is 0 Å². The van der Waals surface area contributed by atoms with E-state index in [0.29, 0.717) is 39.7 Å². The summed E-state index contributed by atoms with van der Waals surface area (Å²) < 4.78 is 17.8. The molecule has 0 radical (unpaired) electrons. The second kappa shape index (κ2) is 11.1. The zero-order valence-electron chi connectivity index (χ0n) is 22.7. The van der Waals surface area contributed by atoms with Crippen LogP contribution in [-0.2, 0) is 6.54 Å². The molecule has 39 heavy (non-hydrogen) atoms. The molecule has 3 aromatic carbocycles. The van der Waals surface area contributed by atoms with Crippen molar-refractivity contribution in [3.63, 3.8) is 0 Å². The largest absolute Gasteiger partial charge is 0.493 e. The van der Waals surface area contributed by atoms with E-state index in [4.69, 9.17) is 25.5 Å². The number of methoxy groups -OCH3 is 1. The van der Waals surface area contributed by atoms with Gasteiger partial charge in [0.2, 0.25) is 5.76 Å². The molecule has 1 atom stereocenters. The van der Waals surface area contributed by atoms with E-state index in [0.717, 1.165) is 41.5 Å². The quantitative estimate of drug-likeness (QED) is 0.205. The minimum absolute atomic E-state index is 0.0617. The fraction of sp³-hybridized carbons (Fsp3) is 0.312. The standard InChI is InChI=1S/C32H32ClNO5/c1-5-6-9-14-38-25-13-12-21(17-27(25)37-4)29-28-30(35)23-15-19(2)20(3)16-26(23)39-31(28)32(36)34(29)18-22-10-7-8-11-24(22)33/h7-8,10-13,15-17,29H,5-6,9,14,18H2,1-4H3. The summed E-state index contributed by atoms with van der Waals surface area (Å²) in [4.78, 5) is 29.5. The van der Waals surface area contributed by atoms with E-state index in [1.165, 1.54) is 0 Å². The highest BCUT2D eigenvalue weighted by atomic mass is 35.5. The second-order valence-electron chi connectivity index (χ2n) is 10.00. The van der Waals surface area contributed by atoms with Crippen LogP contribution in [0.4, 0.5) is 0 Å². The van der Waals surface area contributed by atoms with E-state index in [1.54, 1.807) is 18.1 Å². The molecule has 1 aliphatic heterocycles. The van der Waals surface area contributed by atoms with Gasteiger partial charge in [0.05, 0.1) is 30.7 Å². The molecule has 0 spiro atoms. The third-order valence-corrected chi connectivity index (χ3v) is 7.76. The molecular formula is C32H32ClNO5. The number of carbonyl (C=O) groups excluding carboxylic acids is 1. The van der Waals surface area contributed by atoms with Crippen LogP contribution in [0.25, 0.3) is 11.0 Å². The molecule has 6 nitrogen and oxygen atoms in total. The highest BCUT2D eigenvalue weighted by molar-refractivity contribution is 6.31. The monoisotopic (exact) mass is 545 g/mol. The fourth-order valence-corrected chi connectivity index (χ4v) is 5.30. The molecule has 0 bridgehead atoms. The van der Waals surface area contributed by atoms with Crippen molar-refractivity contribution < 1.29 is 18.7 Å². The van der Waals surface area contributed by atoms with E-state index in [1.807, 2.05) is 62.4 Å². The number of ether oxygens (including phenoxy) is 2. The van der Waals surface area contributed by atoms with Crippen LogP contribution in [0, 0.1) is 13.8 Å². The van der Waals surface area contributed by atoms with Gasteiger partial charge in [-0.05, 0) is 72.9 Å². The van der Waals surface area contributed by atoms with Crippen molar-refractivity contribution in [2.24, 2.45) is 0 Å². The van der Waals surface area contributed by atoms with Gasteiger partial charge in [0.1, 0.15) is 5.58 Å². The number of carbonyl (C=O) groups is 1. The van der Waals surface area contributed by atoms with E-state index in [-0.39, 0.29) is 23.6 Å². The van der Waals surface area contributed by atoms with E-state index in [9.17, 15) is 9.59 Å². The molecular weight excluding hydrogens is 514 g/mol. The Kier molecular flexibility index (Phi) is 7.67. The van der Waals surface area contributed by atoms with Crippen LogP contribution >= 0.6 is 11.6 Å². The Morgan fingerprint density at radius 3 is 2.49 bits per heavy atom. The van der Waals surface area contributed by atoms with Crippen molar-refractivity contribution in [2.75, 3.05) is 13.7 Å². The summed E-state index contributed by atoms with van der Waals surface area (Å²) in [5, 5.41) is 1.00. The summed E-state index contributed by atoms with van der Waals surface area (Å²) >= 11 is 6.49. The van der Waals surface area contributed by atoms with E-state index in [2.05, 4.69) is 6.92 Å². The van der Waals surface area contributed by atoms with Crippen LogP contribution < -0.4 is 14.9 Å². The first-order valence-corrected chi connectivity index (χ1v) is 13.6. The molecule has 4 aromatic rings. The number of nitrogens with zero attached hydrogens (tertiary/aromatic N) is 1. The average molecular weight is 546 g/mol. The Morgan fingerprint density at radius 2 is 1.74 bits per heavy atom. The molecule has 202 valence electrons. The van der Waals surface area contributed by atoms with Gasteiger partial charge in [0, 0.05) is 11.6 Å². The zero-order valence-corrected chi connectivity index (χ0v) is 23.4. The third-order valence-electron chi connectivity index (χ3n) is 7.39. The topological polar surface area (TPSA) is 69.0 Å². The van der Waals surface area contributed by atoms with Gasteiger partial charge < -0.3 is 18.8 Å². The molecule has 1 aromatic heterocycles. The molecule has 1 amide bonds. The second-order valence-corrected chi connectivity index (χ2v) is 10.4. The summed E-state index contributed by atoms with van der Waals surface area (Å²) in [6.45, 7) is 6.85. The number of amides is 1. The van der Waals surface area contributed by atoms with Crippen LogP contribution in [-0.4, -0.2) is 24.5 Å². The number of halogens is 1. The number of fused-ring (bicyclic) bond motifs is 2. The molecule has 1 aliphatic rings. The van der Waals surface area contributed by atoms with Crippen LogP contribution in [0.3, 0.4) is 0 Å². The number of unbranched alkanes of at least 4 members (excludes halogenated alkanes) is 2. The molecule has 0 aliphatic carbocycles. The summed E-state index contributed by atoms with van der Waals surface area (Å²) in [5.41, 5.74) is 3.98. The maximum atomic E-state index is 14.0. The summed E-state index contributed by atoms with van der Waals surface area (Å²) in [6.07, 6.45) is 3.14. The smallest absolute Gasteiger partial charge is 0.291 e. The lowest BCUT2D eigenvalue weighted by atomic mass is 9.97. The van der Waals surface area contributed by atoms with Crippen molar-refractivity contribution in [1.29, 1.82) is 0 Å². The van der Waals surface area contributed by atoms with Crippen molar-refractivity contribution in [3.8, 4) is 11.5 Å². The Morgan fingerprint density at radius 1 is 0.974 bits per heavy atom. The molecule has 1 unspecified atom stereocenters. The zero-order chi connectivity index (χ0) is 27.7. The Labute approximate surface area is 233 Å². The predicted octanol–water partition coefficient (Wildman–Crippen LogP) is 7.39. The average Bonchev–Trinajstić information content (AvgIpc) is 3.20. The Balaban J connectivity index is 1.65. The minimum atomic E-state index is -0.686. The van der Waals surface area contributed by atoms with Crippen molar-refractivity contribution in [2.45, 2.75) is 52.6 Å². The highest BCUT2D eigenvalue weighted by Gasteiger charge is 2.43. The first-order valence-electron chi connectivity index (χ1n) is 13.3. The normalized spacial score (nSPS) is 14.6. The summed E-state index contributed by atoms with van der Waals surface area (Å²) in [6, 6.07) is 15.9. The van der Waals surface area contributed by atoms with Gasteiger partial charge in [0.15, 0.2) is 16.9 Å². The molecule has 0 saturated carbocycles. The lowest BCUT2D eigenvalue weighted by Gasteiger charge is -2.26. The molecule has 5 rings (SSSR count). The fourth-order valence-electron chi connectivity index (χ4n) is 5.10. The Bertz CT molecular complexity index is 1610. The lowest BCUT2D eigenvalue weighted by molar-refractivity contribution is 0.0714. The Hall–Kier alpha value is -3.77. The van der Waals surface area contributed by atoms with Crippen molar-refractivity contribution >= 4 is 28.5 Å². The highest BCUT2D eigenvalue weighted by Crippen LogP contribution is 2.42. The predicted molar refractivity (Wildman–Crippen MR) is 153 cm³/mol. The van der Waals surface area contributed by atoms with Gasteiger partial charge >= 0.3 is 0 Å². The van der Waals surface area contributed by atoms with Crippen molar-refractivity contribution in [1.82, 2.24) is 4.90 Å². The summed E-state index contributed by atoms with van der Waals surface area (Å²) in [7, 11) is 1.58. The van der Waals surface area contributed by atoms with Gasteiger partial charge in [-0.2, -0.15) is 0 Å². The van der Waals surface area contributed by atoms with Crippen LogP contribution in [0.1, 0.15) is 70.6 Å². The summed E-state index contributed by atoms with van der Waals surface area (Å²) in [5.74, 6) is 0.869. The molecule has 0 fully saturated rings. The number of aryl methyl sites for hydroxylation is 2. The third kappa shape index (κ3) is 5.01. The number of hydrogen-bond acceptors (Lipinski definition) is 5. The number of rotatable bonds is 9. The van der Waals surface area contributed by atoms with Crippen LogP contribution in [0.2, 0.25) is 5.02 Å². The molecule has 7 heteroatoms. The molecule has 0 N–H and O–H groups in total. The molecule has 0 saturated heterocycles. The van der Waals surface area contributed by atoms with E-state index >= 15 is 0 Å². The van der Waals surface area contributed by atoms with Gasteiger partial charge in [0.25, 0.3) is 5.91 Å². The van der Waals surface area contributed by atoms with Gasteiger partial charge in [-0.3, -0.25) is 9.59 Å². The minimum Gasteiger partial charge on any atom is -0.493 e. The first kappa shape index (κ1) is 26.8. The SMILES string of the molecule is CCCCCOc1ccc(C2c3c(oc4cc(C)c(C)cc4c3=O)C(=O)N2Cc2ccccc2Cl)cc1OC. The maximum Gasteiger partial charge on any atom is 0.291 e. The van der Waals surface area contributed by atoms with E-state index < -0.39 is 6.04 Å². The lowest BCUT2D eigenvalue weighted by Crippen LogP contribution is -2.29. The van der Waals surface area contributed by atoms with Crippen molar-refractivity contribution in [3.05, 3.63) is 103 Å². The van der Waals surface area contributed by atoms with Crippen LogP contribution in [0.5, 0.6) is 11.5 Å². The molecule has 2 heterocycles.